The van der Waals surface area contributed by atoms with E-state index in [9.17, 15) is 9.18 Å². The molecular weight excluding hydrogens is 335 g/mol. The Bertz CT molecular complexity index is 776. The Morgan fingerprint density at radius 1 is 1.27 bits per heavy atom. The molecule has 0 radical (unpaired) electrons. The summed E-state index contributed by atoms with van der Waals surface area (Å²) in [5.74, 6) is 0.425. The average molecular weight is 358 g/mol. The maximum absolute atomic E-state index is 13.3. The summed E-state index contributed by atoms with van der Waals surface area (Å²) in [5, 5.41) is 0. The number of amides is 1. The minimum atomic E-state index is -0.230. The van der Waals surface area contributed by atoms with E-state index >= 15 is 0 Å². The normalized spacial score (nSPS) is 23.5. The Morgan fingerprint density at radius 3 is 2.81 bits per heavy atom. The number of likely N-dealkylation sites (tertiary alicyclic amines) is 1. The quantitative estimate of drug-likeness (QED) is 0.823. The number of hydrogen-bond acceptors (Lipinski definition) is 4. The first kappa shape index (κ1) is 17.0. The Balaban J connectivity index is 1.52. The number of aryl methyl sites for hydroxylation is 1. The van der Waals surface area contributed by atoms with Gasteiger partial charge < -0.3 is 19.1 Å². The number of anilines is 1. The number of halogens is 1. The zero-order valence-corrected chi connectivity index (χ0v) is 14.8. The van der Waals surface area contributed by atoms with Gasteiger partial charge in [-0.05, 0) is 30.7 Å². The van der Waals surface area contributed by atoms with Gasteiger partial charge >= 0.3 is 0 Å². The van der Waals surface area contributed by atoms with Crippen molar-refractivity contribution in [2.24, 2.45) is 13.0 Å². The Kier molecular flexibility index (Phi) is 4.63. The number of benzene rings is 1. The van der Waals surface area contributed by atoms with E-state index in [2.05, 4.69) is 9.88 Å². The number of fused-ring (bicyclic) bond motifs is 1. The fraction of sp³-hybridized carbons (Fsp3) is 0.474. The summed E-state index contributed by atoms with van der Waals surface area (Å²) >= 11 is 0. The van der Waals surface area contributed by atoms with Crippen LogP contribution >= 0.6 is 0 Å². The SMILES string of the molecule is Cn1ccnc1C(=O)N1CC[C@H]2[C@@H](COCCN2c2ccc(F)cc2)C1. The average Bonchev–Trinajstić information content (AvgIpc) is 2.97. The Morgan fingerprint density at radius 2 is 2.08 bits per heavy atom. The molecule has 4 rings (SSSR count). The first-order chi connectivity index (χ1) is 12.6. The van der Waals surface area contributed by atoms with Crippen molar-refractivity contribution in [3.8, 4) is 0 Å². The van der Waals surface area contributed by atoms with E-state index in [1.165, 1.54) is 12.1 Å². The molecule has 2 aliphatic heterocycles. The van der Waals surface area contributed by atoms with E-state index in [4.69, 9.17) is 4.74 Å². The number of hydrogen-bond donors (Lipinski definition) is 0. The lowest BCUT2D eigenvalue weighted by atomic mass is 9.91. The molecule has 2 aromatic rings. The summed E-state index contributed by atoms with van der Waals surface area (Å²) in [5.41, 5.74) is 1.01. The van der Waals surface area contributed by atoms with Crippen LogP contribution in [0.5, 0.6) is 0 Å². The van der Waals surface area contributed by atoms with Crippen molar-refractivity contribution in [2.45, 2.75) is 12.5 Å². The molecule has 0 spiro atoms. The predicted molar refractivity (Wildman–Crippen MR) is 95.6 cm³/mol. The van der Waals surface area contributed by atoms with E-state index in [1.54, 1.807) is 17.0 Å². The second kappa shape index (κ2) is 7.07. The molecule has 2 aliphatic rings. The minimum Gasteiger partial charge on any atom is -0.379 e. The van der Waals surface area contributed by atoms with Gasteiger partial charge in [-0.3, -0.25) is 4.79 Å². The van der Waals surface area contributed by atoms with Gasteiger partial charge in [0.2, 0.25) is 0 Å². The Labute approximate surface area is 152 Å². The van der Waals surface area contributed by atoms with Gasteiger partial charge in [0.05, 0.1) is 13.2 Å². The van der Waals surface area contributed by atoms with Crippen molar-refractivity contribution in [2.75, 3.05) is 37.7 Å². The summed E-state index contributed by atoms with van der Waals surface area (Å²) in [6, 6.07) is 6.92. The number of piperidine rings is 1. The third-order valence-electron chi connectivity index (χ3n) is 5.36. The largest absolute Gasteiger partial charge is 0.379 e. The van der Waals surface area contributed by atoms with Gasteiger partial charge in [-0.2, -0.15) is 0 Å². The molecule has 6 nitrogen and oxygen atoms in total. The first-order valence-corrected chi connectivity index (χ1v) is 9.00. The zero-order chi connectivity index (χ0) is 18.1. The zero-order valence-electron chi connectivity index (χ0n) is 14.8. The predicted octanol–water partition coefficient (Wildman–Crippen LogP) is 1.93. The van der Waals surface area contributed by atoms with Gasteiger partial charge in [0.1, 0.15) is 5.82 Å². The second-order valence-electron chi connectivity index (χ2n) is 6.97. The molecule has 1 amide bonds. The molecule has 7 heteroatoms. The molecule has 0 N–H and O–H groups in total. The van der Waals surface area contributed by atoms with Crippen molar-refractivity contribution >= 4 is 11.6 Å². The highest BCUT2D eigenvalue weighted by Gasteiger charge is 2.37. The maximum Gasteiger partial charge on any atom is 0.289 e. The van der Waals surface area contributed by atoms with Crippen molar-refractivity contribution in [1.82, 2.24) is 14.5 Å². The van der Waals surface area contributed by atoms with Crippen LogP contribution in [0.15, 0.2) is 36.7 Å². The standard InChI is InChI=1S/C19H23FN4O2/c1-22-9-7-21-18(22)19(25)23-8-6-17-14(12-23)13-26-11-10-24(17)16-4-2-15(20)3-5-16/h2-5,7,9,14,17H,6,8,10-13H2,1H3/t14-,17+/m1/s1. The number of rotatable bonds is 2. The van der Waals surface area contributed by atoms with Crippen LogP contribution < -0.4 is 4.90 Å². The second-order valence-corrected chi connectivity index (χ2v) is 6.97. The number of carbonyl (C=O) groups excluding carboxylic acids is 1. The fourth-order valence-electron chi connectivity index (χ4n) is 4.01. The number of ether oxygens (including phenoxy) is 1. The molecule has 0 unspecified atom stereocenters. The van der Waals surface area contributed by atoms with Crippen LogP contribution in [0.2, 0.25) is 0 Å². The van der Waals surface area contributed by atoms with Gasteiger partial charge in [-0.15, -0.1) is 0 Å². The van der Waals surface area contributed by atoms with Gasteiger partial charge in [-0.25, -0.2) is 9.37 Å². The lowest BCUT2D eigenvalue weighted by Gasteiger charge is -2.43. The molecule has 138 valence electrons. The van der Waals surface area contributed by atoms with Crippen molar-refractivity contribution in [3.05, 3.63) is 48.3 Å². The van der Waals surface area contributed by atoms with E-state index in [1.807, 2.05) is 24.1 Å². The first-order valence-electron chi connectivity index (χ1n) is 9.00. The van der Waals surface area contributed by atoms with Crippen LogP contribution in [-0.4, -0.2) is 59.2 Å². The van der Waals surface area contributed by atoms with Crippen LogP contribution in [-0.2, 0) is 11.8 Å². The van der Waals surface area contributed by atoms with Gasteiger partial charge in [0.25, 0.3) is 5.91 Å². The van der Waals surface area contributed by atoms with Crippen molar-refractivity contribution in [3.63, 3.8) is 0 Å². The summed E-state index contributed by atoms with van der Waals surface area (Å²) in [4.78, 5) is 21.1. The molecule has 0 aliphatic carbocycles. The van der Waals surface area contributed by atoms with Crippen molar-refractivity contribution < 1.29 is 13.9 Å². The summed E-state index contributed by atoms with van der Waals surface area (Å²) in [6.45, 7) is 3.38. The highest BCUT2D eigenvalue weighted by atomic mass is 19.1. The van der Waals surface area contributed by atoms with Crippen LogP contribution in [0.3, 0.4) is 0 Å². The van der Waals surface area contributed by atoms with E-state index in [0.29, 0.717) is 32.1 Å². The van der Waals surface area contributed by atoms with Crippen molar-refractivity contribution in [1.29, 1.82) is 0 Å². The third kappa shape index (κ3) is 3.19. The number of nitrogens with zero attached hydrogens (tertiary/aromatic N) is 4. The van der Waals surface area contributed by atoms with E-state index in [-0.39, 0.29) is 23.7 Å². The molecule has 2 saturated heterocycles. The molecule has 0 saturated carbocycles. The highest BCUT2D eigenvalue weighted by molar-refractivity contribution is 5.90. The van der Waals surface area contributed by atoms with Gasteiger partial charge in [-0.1, -0.05) is 0 Å². The number of imidazole rings is 1. The molecule has 2 atom stereocenters. The van der Waals surface area contributed by atoms with Crippen LogP contribution in [0.4, 0.5) is 10.1 Å². The van der Waals surface area contributed by atoms with Crippen LogP contribution in [0.25, 0.3) is 0 Å². The summed E-state index contributed by atoms with van der Waals surface area (Å²) in [7, 11) is 1.83. The smallest absolute Gasteiger partial charge is 0.289 e. The Hall–Kier alpha value is -2.41. The van der Waals surface area contributed by atoms with E-state index in [0.717, 1.165) is 18.7 Å². The summed E-state index contributed by atoms with van der Waals surface area (Å²) in [6.07, 6.45) is 4.29. The lowest BCUT2D eigenvalue weighted by Crippen LogP contribution is -2.53. The molecular formula is C19H23FN4O2. The topological polar surface area (TPSA) is 50.6 Å². The monoisotopic (exact) mass is 358 g/mol. The highest BCUT2D eigenvalue weighted by Crippen LogP contribution is 2.30. The summed E-state index contributed by atoms with van der Waals surface area (Å²) < 4.78 is 20.8. The van der Waals surface area contributed by atoms with Crippen LogP contribution in [0.1, 0.15) is 17.0 Å². The van der Waals surface area contributed by atoms with Gasteiger partial charge in [0.15, 0.2) is 5.82 Å². The van der Waals surface area contributed by atoms with Gasteiger partial charge in [0, 0.05) is 56.7 Å². The van der Waals surface area contributed by atoms with Crippen LogP contribution in [0, 0.1) is 11.7 Å². The number of carbonyl (C=O) groups is 1. The third-order valence-corrected chi connectivity index (χ3v) is 5.36. The molecule has 3 heterocycles. The molecule has 26 heavy (non-hydrogen) atoms. The number of aromatic nitrogens is 2. The molecule has 0 bridgehead atoms. The molecule has 1 aromatic heterocycles. The van der Waals surface area contributed by atoms with E-state index < -0.39 is 0 Å². The minimum absolute atomic E-state index is 0.0338. The fourth-order valence-corrected chi connectivity index (χ4v) is 4.01. The molecule has 2 fully saturated rings. The lowest BCUT2D eigenvalue weighted by molar-refractivity contribution is 0.0508. The molecule has 1 aromatic carbocycles. The maximum atomic E-state index is 13.3.